The average Bonchev–Trinajstić information content (AvgIpc) is 2.03. The highest BCUT2D eigenvalue weighted by molar-refractivity contribution is 6.34. The molecule has 0 aliphatic carbocycles. The van der Waals surface area contributed by atoms with Gasteiger partial charge in [0.1, 0.15) is 0 Å². The number of aromatic hydroxyl groups is 1. The van der Waals surface area contributed by atoms with Gasteiger partial charge in [-0.1, -0.05) is 11.6 Å². The first kappa shape index (κ1) is 9.67. The molecule has 0 unspecified atom stereocenters. The van der Waals surface area contributed by atoms with Gasteiger partial charge in [-0.2, -0.15) is 0 Å². The Bertz CT molecular complexity index is 351. The van der Waals surface area contributed by atoms with Crippen LogP contribution in [-0.4, -0.2) is 18.1 Å². The summed E-state index contributed by atoms with van der Waals surface area (Å²) in [7, 11) is 1.37. The molecule has 0 atom stereocenters. The largest absolute Gasteiger partial charge is 0.504 e. The first-order chi connectivity index (χ1) is 6.06. The summed E-state index contributed by atoms with van der Waals surface area (Å²) in [6.07, 6.45) is 0. The van der Waals surface area contributed by atoms with Crippen molar-refractivity contribution in [2.75, 3.05) is 7.11 Å². The van der Waals surface area contributed by atoms with Gasteiger partial charge in [0.15, 0.2) is 11.5 Å². The van der Waals surface area contributed by atoms with E-state index >= 15 is 0 Å². The standard InChI is InChI=1S/C8H8ClNO3/c1-13-7-2-4(8(10)12)5(9)3-6(7)11/h2-3,11H,1H3,(H2,10,12). The molecule has 0 fully saturated rings. The van der Waals surface area contributed by atoms with Gasteiger partial charge in [0.05, 0.1) is 17.7 Å². The molecule has 0 aliphatic heterocycles. The van der Waals surface area contributed by atoms with E-state index < -0.39 is 5.91 Å². The van der Waals surface area contributed by atoms with Gasteiger partial charge in [-0.25, -0.2) is 0 Å². The van der Waals surface area contributed by atoms with Gasteiger partial charge in [-0.05, 0) is 6.07 Å². The molecular weight excluding hydrogens is 194 g/mol. The number of amides is 1. The second-order valence-electron chi connectivity index (χ2n) is 2.37. The number of halogens is 1. The molecule has 0 saturated carbocycles. The van der Waals surface area contributed by atoms with Crippen LogP contribution in [0.4, 0.5) is 0 Å². The zero-order chi connectivity index (χ0) is 10.0. The molecule has 0 saturated heterocycles. The smallest absolute Gasteiger partial charge is 0.250 e. The highest BCUT2D eigenvalue weighted by Gasteiger charge is 2.11. The minimum absolute atomic E-state index is 0.103. The maximum atomic E-state index is 10.8. The van der Waals surface area contributed by atoms with Crippen molar-refractivity contribution in [1.29, 1.82) is 0 Å². The lowest BCUT2D eigenvalue weighted by atomic mass is 10.2. The molecule has 0 radical (unpaired) electrons. The van der Waals surface area contributed by atoms with E-state index in [-0.39, 0.29) is 22.1 Å². The van der Waals surface area contributed by atoms with Crippen LogP contribution in [0.2, 0.25) is 5.02 Å². The molecule has 1 aromatic carbocycles. The van der Waals surface area contributed by atoms with Crippen LogP contribution in [0.3, 0.4) is 0 Å². The number of ether oxygens (including phenoxy) is 1. The minimum Gasteiger partial charge on any atom is -0.504 e. The normalized spacial score (nSPS) is 9.69. The molecule has 4 nitrogen and oxygen atoms in total. The topological polar surface area (TPSA) is 72.5 Å². The van der Waals surface area contributed by atoms with Crippen LogP contribution in [0, 0.1) is 0 Å². The van der Waals surface area contributed by atoms with Crippen molar-refractivity contribution in [3.05, 3.63) is 22.7 Å². The summed E-state index contributed by atoms with van der Waals surface area (Å²) >= 11 is 5.64. The highest BCUT2D eigenvalue weighted by atomic mass is 35.5. The third-order valence-corrected chi connectivity index (χ3v) is 1.85. The van der Waals surface area contributed by atoms with Crippen molar-refractivity contribution < 1.29 is 14.6 Å². The van der Waals surface area contributed by atoms with E-state index in [2.05, 4.69) is 0 Å². The van der Waals surface area contributed by atoms with Gasteiger partial charge in [0, 0.05) is 6.07 Å². The van der Waals surface area contributed by atoms with Crippen LogP contribution in [-0.2, 0) is 0 Å². The molecule has 0 spiro atoms. The Balaban J connectivity index is 3.30. The number of hydrogen-bond acceptors (Lipinski definition) is 3. The number of methoxy groups -OCH3 is 1. The lowest BCUT2D eigenvalue weighted by Crippen LogP contribution is -2.11. The summed E-state index contributed by atoms with van der Waals surface area (Å²) in [5, 5.41) is 9.34. The summed E-state index contributed by atoms with van der Waals surface area (Å²) in [6, 6.07) is 2.50. The minimum atomic E-state index is -0.664. The number of rotatable bonds is 2. The number of hydrogen-bond donors (Lipinski definition) is 2. The van der Waals surface area contributed by atoms with Crippen molar-refractivity contribution in [2.24, 2.45) is 5.73 Å². The first-order valence-electron chi connectivity index (χ1n) is 3.42. The monoisotopic (exact) mass is 201 g/mol. The average molecular weight is 202 g/mol. The molecule has 1 aromatic rings. The van der Waals surface area contributed by atoms with Crippen LogP contribution in [0.25, 0.3) is 0 Å². The van der Waals surface area contributed by atoms with E-state index in [4.69, 9.17) is 22.1 Å². The van der Waals surface area contributed by atoms with E-state index in [1.54, 1.807) is 0 Å². The second kappa shape index (κ2) is 3.53. The summed E-state index contributed by atoms with van der Waals surface area (Å²) in [4.78, 5) is 10.8. The zero-order valence-electron chi connectivity index (χ0n) is 6.87. The van der Waals surface area contributed by atoms with E-state index in [1.807, 2.05) is 0 Å². The van der Waals surface area contributed by atoms with E-state index in [9.17, 15) is 9.90 Å². The van der Waals surface area contributed by atoms with Crippen LogP contribution in [0.1, 0.15) is 10.4 Å². The summed E-state index contributed by atoms with van der Waals surface area (Å²) in [5.74, 6) is -0.626. The Labute approximate surface area is 79.9 Å². The van der Waals surface area contributed by atoms with Crippen molar-refractivity contribution in [1.82, 2.24) is 0 Å². The van der Waals surface area contributed by atoms with E-state index in [1.165, 1.54) is 19.2 Å². The number of phenolic OH excluding ortho intramolecular Hbond substituents is 1. The predicted molar refractivity (Wildman–Crippen MR) is 48.2 cm³/mol. The van der Waals surface area contributed by atoms with Crippen molar-refractivity contribution >= 4 is 17.5 Å². The van der Waals surface area contributed by atoms with E-state index in [0.717, 1.165) is 0 Å². The van der Waals surface area contributed by atoms with Gasteiger partial charge < -0.3 is 15.6 Å². The van der Waals surface area contributed by atoms with Crippen LogP contribution >= 0.6 is 11.6 Å². The third kappa shape index (κ3) is 1.84. The Morgan fingerprint density at radius 3 is 2.69 bits per heavy atom. The molecule has 13 heavy (non-hydrogen) atoms. The number of primary amides is 1. The number of nitrogens with two attached hydrogens (primary N) is 1. The van der Waals surface area contributed by atoms with Crippen LogP contribution in [0.5, 0.6) is 11.5 Å². The Morgan fingerprint density at radius 2 is 2.23 bits per heavy atom. The third-order valence-electron chi connectivity index (χ3n) is 1.53. The van der Waals surface area contributed by atoms with Gasteiger partial charge in [-0.3, -0.25) is 4.79 Å². The lowest BCUT2D eigenvalue weighted by molar-refractivity contribution is 0.1000. The van der Waals surface area contributed by atoms with Crippen LogP contribution < -0.4 is 10.5 Å². The van der Waals surface area contributed by atoms with Crippen LogP contribution in [0.15, 0.2) is 12.1 Å². The summed E-state index contributed by atoms with van der Waals surface area (Å²) < 4.78 is 4.77. The second-order valence-corrected chi connectivity index (χ2v) is 2.78. The molecule has 0 aromatic heterocycles. The Kier molecular flexibility index (Phi) is 2.63. The maximum Gasteiger partial charge on any atom is 0.250 e. The van der Waals surface area contributed by atoms with Crippen molar-refractivity contribution in [3.63, 3.8) is 0 Å². The Hall–Kier alpha value is -1.42. The molecule has 0 heterocycles. The SMILES string of the molecule is COc1cc(C(N)=O)c(Cl)cc1O. The predicted octanol–water partition coefficient (Wildman–Crippen LogP) is 1.15. The Morgan fingerprint density at radius 1 is 1.62 bits per heavy atom. The molecule has 70 valence electrons. The molecule has 5 heteroatoms. The molecular formula is C8H8ClNO3. The quantitative estimate of drug-likeness (QED) is 0.754. The van der Waals surface area contributed by atoms with Gasteiger partial charge in [0.25, 0.3) is 0 Å². The van der Waals surface area contributed by atoms with Gasteiger partial charge in [0.2, 0.25) is 5.91 Å². The zero-order valence-corrected chi connectivity index (χ0v) is 7.63. The van der Waals surface area contributed by atoms with E-state index in [0.29, 0.717) is 0 Å². The fourth-order valence-corrected chi connectivity index (χ4v) is 1.15. The van der Waals surface area contributed by atoms with Gasteiger partial charge >= 0.3 is 0 Å². The fourth-order valence-electron chi connectivity index (χ4n) is 0.895. The maximum absolute atomic E-state index is 10.8. The molecule has 0 aliphatic rings. The number of carbonyl (C=O) groups excluding carboxylic acids is 1. The fraction of sp³-hybridized carbons (Fsp3) is 0.125. The molecule has 3 N–H and O–H groups in total. The van der Waals surface area contributed by atoms with Gasteiger partial charge in [-0.15, -0.1) is 0 Å². The summed E-state index contributed by atoms with van der Waals surface area (Å²) in [6.45, 7) is 0. The number of benzene rings is 1. The molecule has 1 amide bonds. The highest BCUT2D eigenvalue weighted by Crippen LogP contribution is 2.31. The summed E-state index contributed by atoms with van der Waals surface area (Å²) in [5.41, 5.74) is 5.15. The molecule has 0 bridgehead atoms. The first-order valence-corrected chi connectivity index (χ1v) is 3.80. The number of phenols is 1. The van der Waals surface area contributed by atoms with Crippen molar-refractivity contribution in [3.8, 4) is 11.5 Å². The lowest BCUT2D eigenvalue weighted by Gasteiger charge is -2.05. The van der Waals surface area contributed by atoms with Crippen molar-refractivity contribution in [2.45, 2.75) is 0 Å². The molecule has 1 rings (SSSR count). The number of carbonyl (C=O) groups is 1.